The molecule has 0 amide bonds. The van der Waals surface area contributed by atoms with Crippen molar-refractivity contribution in [2.24, 2.45) is 0 Å². The van der Waals surface area contributed by atoms with Crippen molar-refractivity contribution in [2.75, 3.05) is 6.51 Å². The molecule has 1 nitrogen and oxygen atoms in total. The Bertz CT molecular complexity index is 322. The van der Waals surface area contributed by atoms with Crippen LogP contribution in [0, 0.1) is 13.8 Å². The number of rotatable bonds is 3. The Kier molecular flexibility index (Phi) is 3.08. The van der Waals surface area contributed by atoms with Gasteiger partial charge in [-0.3, -0.25) is 0 Å². The second-order valence-electron chi connectivity index (χ2n) is 3.27. The van der Waals surface area contributed by atoms with Crippen LogP contribution in [-0.2, 0) is 0 Å². The molecule has 78 valence electrons. The molecule has 0 aliphatic heterocycles. The minimum Gasteiger partial charge on any atom is -0.522 e. The lowest BCUT2D eigenvalue weighted by molar-refractivity contribution is 0.313. The number of hydrogen-bond donors (Lipinski definition) is 0. The molecule has 0 unspecified atom stereocenters. The molecule has 0 aliphatic rings. The van der Waals surface area contributed by atoms with Crippen LogP contribution >= 0.6 is 0 Å². The van der Waals surface area contributed by atoms with E-state index in [0.29, 0.717) is 0 Å². The van der Waals surface area contributed by atoms with Crippen molar-refractivity contribution < 1.29 is 17.7 Å². The highest BCUT2D eigenvalue weighted by molar-refractivity contribution is 6.58. The molecular formula is C9H11BF3O-. The van der Waals surface area contributed by atoms with Crippen LogP contribution in [0.1, 0.15) is 11.1 Å². The fourth-order valence-electron chi connectivity index (χ4n) is 0.994. The number of aryl methyl sites for hydroxylation is 2. The molecule has 1 aromatic rings. The van der Waals surface area contributed by atoms with Crippen molar-refractivity contribution in [3.8, 4) is 5.75 Å². The largest absolute Gasteiger partial charge is 0.522 e. The van der Waals surface area contributed by atoms with Gasteiger partial charge in [0.15, 0.2) is 0 Å². The Hall–Kier alpha value is -1.13. The summed E-state index contributed by atoms with van der Waals surface area (Å²) < 4.78 is 40.2. The zero-order chi connectivity index (χ0) is 10.8. The van der Waals surface area contributed by atoms with Gasteiger partial charge < -0.3 is 17.7 Å². The van der Waals surface area contributed by atoms with Crippen LogP contribution in [0.3, 0.4) is 0 Å². The molecule has 0 radical (unpaired) electrons. The minimum atomic E-state index is -4.87. The van der Waals surface area contributed by atoms with Crippen molar-refractivity contribution >= 4 is 6.98 Å². The van der Waals surface area contributed by atoms with E-state index in [1.54, 1.807) is 18.2 Å². The van der Waals surface area contributed by atoms with Gasteiger partial charge in [0.25, 0.3) is 0 Å². The van der Waals surface area contributed by atoms with Gasteiger partial charge in [0.05, 0.1) is 6.51 Å². The summed E-state index contributed by atoms with van der Waals surface area (Å²) in [6, 6.07) is 4.90. The number of hydrogen-bond acceptors (Lipinski definition) is 1. The highest BCUT2D eigenvalue weighted by Gasteiger charge is 2.24. The van der Waals surface area contributed by atoms with Gasteiger partial charge in [-0.2, -0.15) is 0 Å². The fraction of sp³-hybridized carbons (Fsp3) is 0.333. The molecule has 14 heavy (non-hydrogen) atoms. The second-order valence-corrected chi connectivity index (χ2v) is 3.27. The molecule has 0 heterocycles. The van der Waals surface area contributed by atoms with Crippen LogP contribution in [0.5, 0.6) is 5.75 Å². The molecule has 0 N–H and O–H groups in total. The van der Waals surface area contributed by atoms with Gasteiger partial charge in [-0.25, -0.2) is 0 Å². The zero-order valence-electron chi connectivity index (χ0n) is 8.06. The molecule has 1 aromatic carbocycles. The number of halogens is 3. The highest BCUT2D eigenvalue weighted by Crippen LogP contribution is 2.18. The summed E-state index contributed by atoms with van der Waals surface area (Å²) in [4.78, 5) is 0. The van der Waals surface area contributed by atoms with Crippen LogP contribution in [0.25, 0.3) is 0 Å². The molecule has 0 atom stereocenters. The van der Waals surface area contributed by atoms with Crippen LogP contribution in [-0.4, -0.2) is 13.5 Å². The monoisotopic (exact) mass is 203 g/mol. The van der Waals surface area contributed by atoms with Gasteiger partial charge in [-0.1, -0.05) is 6.07 Å². The summed E-state index contributed by atoms with van der Waals surface area (Å²) in [5, 5.41) is 0. The standard InChI is InChI=1S/C9H11BF3O/c1-7-3-4-9(5-8(7)2)14-6-10(11,12)13/h3-5H,6H2,1-2H3/q-1. The van der Waals surface area contributed by atoms with E-state index in [-0.39, 0.29) is 5.75 Å². The third kappa shape index (κ3) is 3.32. The van der Waals surface area contributed by atoms with Gasteiger partial charge >= 0.3 is 6.98 Å². The van der Waals surface area contributed by atoms with E-state index in [4.69, 9.17) is 0 Å². The van der Waals surface area contributed by atoms with Crippen molar-refractivity contribution in [3.63, 3.8) is 0 Å². The third-order valence-corrected chi connectivity index (χ3v) is 1.92. The predicted molar refractivity (Wildman–Crippen MR) is 50.5 cm³/mol. The smallest absolute Gasteiger partial charge is 0.515 e. The summed E-state index contributed by atoms with van der Waals surface area (Å²) in [5.41, 5.74) is 1.96. The van der Waals surface area contributed by atoms with Crippen LogP contribution in [0.2, 0.25) is 0 Å². The average molecular weight is 203 g/mol. The first-order valence-corrected chi connectivity index (χ1v) is 4.29. The van der Waals surface area contributed by atoms with E-state index in [1.807, 2.05) is 13.8 Å². The van der Waals surface area contributed by atoms with E-state index in [9.17, 15) is 12.9 Å². The lowest BCUT2D eigenvalue weighted by atomic mass is 9.95. The van der Waals surface area contributed by atoms with Crippen LogP contribution < -0.4 is 4.74 Å². The Morgan fingerprint density at radius 2 is 1.79 bits per heavy atom. The maximum atomic E-state index is 11.9. The topological polar surface area (TPSA) is 9.23 Å². The van der Waals surface area contributed by atoms with E-state index in [0.717, 1.165) is 11.1 Å². The van der Waals surface area contributed by atoms with E-state index in [1.165, 1.54) is 0 Å². The summed E-state index contributed by atoms with van der Waals surface area (Å²) in [6.45, 7) is -2.32. The van der Waals surface area contributed by atoms with Crippen molar-refractivity contribution in [2.45, 2.75) is 13.8 Å². The molecule has 1 rings (SSSR count). The lowest BCUT2D eigenvalue weighted by Gasteiger charge is -2.15. The molecule has 0 aromatic heterocycles. The normalized spacial score (nSPS) is 11.5. The van der Waals surface area contributed by atoms with Crippen molar-refractivity contribution in [1.82, 2.24) is 0 Å². The van der Waals surface area contributed by atoms with E-state index < -0.39 is 13.5 Å². The summed E-state index contributed by atoms with van der Waals surface area (Å²) in [7, 11) is 0. The van der Waals surface area contributed by atoms with Gasteiger partial charge in [0.1, 0.15) is 5.75 Å². The summed E-state index contributed by atoms with van der Waals surface area (Å²) in [6.07, 6.45) is 0. The number of benzene rings is 1. The molecule has 0 saturated carbocycles. The molecule has 0 saturated heterocycles. The lowest BCUT2D eigenvalue weighted by Crippen LogP contribution is -2.26. The van der Waals surface area contributed by atoms with Crippen LogP contribution in [0.4, 0.5) is 12.9 Å². The summed E-state index contributed by atoms with van der Waals surface area (Å²) in [5.74, 6) is 0.271. The first-order valence-electron chi connectivity index (χ1n) is 4.29. The van der Waals surface area contributed by atoms with Gasteiger partial charge in [-0.15, -0.1) is 0 Å². The maximum Gasteiger partial charge on any atom is 0.515 e. The molecule has 0 aliphatic carbocycles. The van der Waals surface area contributed by atoms with Crippen molar-refractivity contribution in [3.05, 3.63) is 29.3 Å². The number of ether oxygens (including phenoxy) is 1. The maximum absolute atomic E-state index is 11.9. The molecule has 0 fully saturated rings. The Morgan fingerprint density at radius 1 is 1.14 bits per heavy atom. The first kappa shape index (κ1) is 11.0. The van der Waals surface area contributed by atoms with Gasteiger partial charge in [0.2, 0.25) is 0 Å². The Balaban J connectivity index is 2.65. The fourth-order valence-corrected chi connectivity index (χ4v) is 0.994. The molecule has 0 spiro atoms. The second kappa shape index (κ2) is 3.94. The highest BCUT2D eigenvalue weighted by atomic mass is 19.4. The van der Waals surface area contributed by atoms with Crippen LogP contribution in [0.15, 0.2) is 18.2 Å². The SMILES string of the molecule is Cc1ccc(OC[B-](F)(F)F)cc1C. The predicted octanol–water partition coefficient (Wildman–Crippen LogP) is 3.07. The third-order valence-electron chi connectivity index (χ3n) is 1.92. The molecule has 0 bridgehead atoms. The summed E-state index contributed by atoms with van der Waals surface area (Å²) >= 11 is 0. The Morgan fingerprint density at radius 3 is 2.29 bits per heavy atom. The van der Waals surface area contributed by atoms with E-state index >= 15 is 0 Å². The van der Waals surface area contributed by atoms with Gasteiger partial charge in [-0.05, 0) is 37.1 Å². The van der Waals surface area contributed by atoms with Gasteiger partial charge in [0, 0.05) is 0 Å². The quantitative estimate of drug-likeness (QED) is 0.685. The first-order chi connectivity index (χ1) is 6.38. The zero-order valence-corrected chi connectivity index (χ0v) is 8.06. The molecular weight excluding hydrogens is 192 g/mol. The van der Waals surface area contributed by atoms with Crippen molar-refractivity contribution in [1.29, 1.82) is 0 Å². The molecule has 5 heteroatoms. The minimum absolute atomic E-state index is 0.271. The van der Waals surface area contributed by atoms with E-state index in [2.05, 4.69) is 4.74 Å². The Labute approximate surface area is 80.9 Å². The average Bonchev–Trinajstić information content (AvgIpc) is 2.06.